The third-order valence-corrected chi connectivity index (χ3v) is 4.68. The maximum absolute atomic E-state index is 6.33. The van der Waals surface area contributed by atoms with Crippen LogP contribution in [-0.2, 0) is 6.42 Å². The Morgan fingerprint density at radius 3 is 2.67 bits per heavy atom. The van der Waals surface area contributed by atoms with Crippen LogP contribution < -0.4 is 5.32 Å². The second kappa shape index (κ2) is 7.06. The van der Waals surface area contributed by atoms with Crippen LogP contribution in [0.25, 0.3) is 10.9 Å². The second-order valence-electron chi connectivity index (χ2n) is 5.59. The largest absolute Gasteiger partial charge is 0.368 e. The summed E-state index contributed by atoms with van der Waals surface area (Å²) in [6.07, 6.45) is 0.724. The van der Waals surface area contributed by atoms with Crippen LogP contribution in [0.5, 0.6) is 0 Å². The average Bonchev–Trinajstić information content (AvgIpc) is 3.16. The van der Waals surface area contributed by atoms with Gasteiger partial charge in [-0.3, -0.25) is 4.99 Å². The summed E-state index contributed by atoms with van der Waals surface area (Å²) in [7, 11) is 0. The van der Waals surface area contributed by atoms with Gasteiger partial charge in [0.1, 0.15) is 5.84 Å². The molecule has 0 saturated heterocycles. The molecule has 0 atom stereocenters. The summed E-state index contributed by atoms with van der Waals surface area (Å²) >= 11 is 12.5. The van der Waals surface area contributed by atoms with Gasteiger partial charge in [0.2, 0.25) is 0 Å². The molecule has 1 aliphatic heterocycles. The van der Waals surface area contributed by atoms with Gasteiger partial charge in [-0.05, 0) is 29.8 Å². The Balaban J connectivity index is 0.00000169. The molecule has 2 aromatic carbocycles. The molecule has 1 aromatic heterocycles. The number of halogens is 3. The van der Waals surface area contributed by atoms with E-state index in [9.17, 15) is 0 Å². The molecule has 0 fully saturated rings. The van der Waals surface area contributed by atoms with Crippen LogP contribution in [0.3, 0.4) is 0 Å². The molecule has 0 amide bonds. The maximum Gasteiger partial charge on any atom is 0.130 e. The molecule has 24 heavy (non-hydrogen) atoms. The zero-order chi connectivity index (χ0) is 15.8. The van der Waals surface area contributed by atoms with Crippen molar-refractivity contribution in [2.24, 2.45) is 4.99 Å². The van der Waals surface area contributed by atoms with Crippen LogP contribution in [0.4, 0.5) is 0 Å². The van der Waals surface area contributed by atoms with Gasteiger partial charge in [0.15, 0.2) is 0 Å². The number of H-pyrrole nitrogens is 1. The number of rotatable bonds is 3. The van der Waals surface area contributed by atoms with Crippen LogP contribution in [0, 0.1) is 0 Å². The zero-order valence-electron chi connectivity index (χ0n) is 12.8. The lowest BCUT2D eigenvalue weighted by Gasteiger charge is -2.07. The summed E-state index contributed by atoms with van der Waals surface area (Å²) in [6, 6.07) is 13.8. The number of fused-ring (bicyclic) bond motifs is 1. The quantitative estimate of drug-likeness (QED) is 0.671. The first-order valence-corrected chi connectivity index (χ1v) is 8.30. The summed E-state index contributed by atoms with van der Waals surface area (Å²) in [5.41, 5.74) is 4.35. The van der Waals surface area contributed by atoms with Gasteiger partial charge in [-0.25, -0.2) is 0 Å². The molecule has 0 unspecified atom stereocenters. The number of benzene rings is 2. The summed E-state index contributed by atoms with van der Waals surface area (Å²) in [5.74, 6) is 0.931. The number of hydrogen-bond donors (Lipinski definition) is 2. The molecule has 124 valence electrons. The molecule has 3 nitrogen and oxygen atoms in total. The van der Waals surface area contributed by atoms with Crippen molar-refractivity contribution in [3.05, 3.63) is 69.3 Å². The molecule has 2 heterocycles. The highest BCUT2D eigenvalue weighted by Crippen LogP contribution is 2.29. The van der Waals surface area contributed by atoms with Gasteiger partial charge in [0.05, 0.1) is 6.54 Å². The fourth-order valence-corrected chi connectivity index (χ4v) is 3.40. The van der Waals surface area contributed by atoms with E-state index in [4.69, 9.17) is 23.2 Å². The Kier molecular flexibility index (Phi) is 5.04. The number of nitrogens with one attached hydrogen (secondary N) is 2. The molecule has 4 rings (SSSR count). The third-order valence-electron chi connectivity index (χ3n) is 4.07. The average molecular weight is 381 g/mol. The van der Waals surface area contributed by atoms with E-state index < -0.39 is 0 Å². The Morgan fingerprint density at radius 1 is 1.08 bits per heavy atom. The monoisotopic (exact) mass is 379 g/mol. The lowest BCUT2D eigenvalue weighted by atomic mass is 10.0. The van der Waals surface area contributed by atoms with Gasteiger partial charge in [0, 0.05) is 45.2 Å². The van der Waals surface area contributed by atoms with Gasteiger partial charge in [-0.1, -0.05) is 41.4 Å². The van der Waals surface area contributed by atoms with Crippen molar-refractivity contribution in [3.63, 3.8) is 0 Å². The highest BCUT2D eigenvalue weighted by Gasteiger charge is 2.19. The molecule has 0 spiro atoms. The molecule has 2 N–H and O–H groups in total. The van der Waals surface area contributed by atoms with Crippen molar-refractivity contribution in [2.45, 2.75) is 6.42 Å². The fourth-order valence-electron chi connectivity index (χ4n) is 3.02. The molecule has 0 radical (unpaired) electrons. The number of aromatic amines is 1. The minimum atomic E-state index is 0. The van der Waals surface area contributed by atoms with Crippen LogP contribution >= 0.6 is 35.6 Å². The van der Waals surface area contributed by atoms with Crippen molar-refractivity contribution in [2.75, 3.05) is 13.1 Å². The topological polar surface area (TPSA) is 40.2 Å². The number of amidine groups is 1. The number of aliphatic imine (C=N–C) groups is 1. The molecule has 1 aliphatic rings. The molecule has 0 bridgehead atoms. The van der Waals surface area contributed by atoms with E-state index in [2.05, 4.69) is 21.4 Å². The Hall–Kier alpha value is -1.68. The summed E-state index contributed by atoms with van der Waals surface area (Å²) in [6.45, 7) is 1.67. The molecule has 0 aliphatic carbocycles. The first-order chi connectivity index (χ1) is 11.2. The van der Waals surface area contributed by atoms with Gasteiger partial charge >= 0.3 is 0 Å². The zero-order valence-corrected chi connectivity index (χ0v) is 15.1. The first kappa shape index (κ1) is 17.2. The molecular formula is C18H16Cl3N3. The molecule has 3 aromatic rings. The van der Waals surface area contributed by atoms with Gasteiger partial charge in [-0.2, -0.15) is 0 Å². The second-order valence-corrected chi connectivity index (χ2v) is 6.44. The Bertz CT molecular complexity index is 915. The predicted molar refractivity (Wildman–Crippen MR) is 104 cm³/mol. The minimum Gasteiger partial charge on any atom is -0.368 e. The fraction of sp³-hybridized carbons (Fsp3) is 0.167. The number of nitrogens with zero attached hydrogens (tertiary/aromatic N) is 1. The summed E-state index contributed by atoms with van der Waals surface area (Å²) < 4.78 is 0. The lowest BCUT2D eigenvalue weighted by molar-refractivity contribution is 0.959. The van der Waals surface area contributed by atoms with Crippen molar-refractivity contribution < 1.29 is 0 Å². The third kappa shape index (κ3) is 3.12. The van der Waals surface area contributed by atoms with Crippen molar-refractivity contribution in [3.8, 4) is 0 Å². The molecular weight excluding hydrogens is 365 g/mol. The van der Waals surface area contributed by atoms with Crippen LogP contribution in [-0.4, -0.2) is 23.9 Å². The summed E-state index contributed by atoms with van der Waals surface area (Å²) in [5, 5.41) is 5.95. The normalized spacial score (nSPS) is 13.5. The van der Waals surface area contributed by atoms with Crippen LogP contribution in [0.1, 0.15) is 16.8 Å². The standard InChI is InChI=1S/C18H15Cl2N3.ClH/c19-12-5-6-15-13(10-12)17(18-21-7-8-22-18)16(23-15)9-11-3-1-2-4-14(11)20;/h1-6,10,23H,7-9H2,(H,21,22);1H. The van der Waals surface area contributed by atoms with Gasteiger partial charge in [-0.15, -0.1) is 12.4 Å². The molecule has 0 saturated carbocycles. The van der Waals surface area contributed by atoms with Gasteiger partial charge in [0.25, 0.3) is 0 Å². The highest BCUT2D eigenvalue weighted by molar-refractivity contribution is 6.32. The minimum absolute atomic E-state index is 0. The van der Waals surface area contributed by atoms with Crippen LogP contribution in [0.2, 0.25) is 10.0 Å². The van der Waals surface area contributed by atoms with E-state index >= 15 is 0 Å². The van der Waals surface area contributed by atoms with E-state index in [1.165, 1.54) is 0 Å². The van der Waals surface area contributed by atoms with Crippen LogP contribution in [0.15, 0.2) is 47.5 Å². The predicted octanol–water partition coefficient (Wildman–Crippen LogP) is 4.84. The molecule has 6 heteroatoms. The SMILES string of the molecule is Cl.Clc1ccc2[nH]c(Cc3ccccc3Cl)c(C3=NCCN3)c2c1. The van der Waals surface area contributed by atoms with E-state index in [0.29, 0.717) is 0 Å². The van der Waals surface area contributed by atoms with Crippen molar-refractivity contribution >= 4 is 52.3 Å². The lowest BCUT2D eigenvalue weighted by Crippen LogP contribution is -2.20. The van der Waals surface area contributed by atoms with Crippen molar-refractivity contribution in [1.29, 1.82) is 0 Å². The van der Waals surface area contributed by atoms with Gasteiger partial charge < -0.3 is 10.3 Å². The number of aromatic nitrogens is 1. The van der Waals surface area contributed by atoms with E-state index in [1.807, 2.05) is 36.4 Å². The van der Waals surface area contributed by atoms with E-state index in [-0.39, 0.29) is 12.4 Å². The maximum atomic E-state index is 6.33. The number of hydrogen-bond acceptors (Lipinski definition) is 2. The van der Waals surface area contributed by atoms with E-state index in [1.54, 1.807) is 0 Å². The van der Waals surface area contributed by atoms with Crippen molar-refractivity contribution in [1.82, 2.24) is 10.3 Å². The Morgan fingerprint density at radius 2 is 1.92 bits per heavy atom. The van der Waals surface area contributed by atoms with E-state index in [0.717, 1.165) is 63.1 Å². The Labute approximate surface area is 156 Å². The first-order valence-electron chi connectivity index (χ1n) is 7.54. The highest BCUT2D eigenvalue weighted by atomic mass is 35.5. The summed E-state index contributed by atoms with van der Waals surface area (Å²) in [4.78, 5) is 8.10. The smallest absolute Gasteiger partial charge is 0.130 e.